The second kappa shape index (κ2) is 5.51. The lowest BCUT2D eigenvalue weighted by molar-refractivity contribution is 0.458. The lowest BCUT2D eigenvalue weighted by atomic mass is 10.2. The number of hydrogen-bond donors (Lipinski definition) is 1. The average molecular weight is 268 g/mol. The monoisotopic (exact) mass is 268 g/mol. The van der Waals surface area contributed by atoms with Crippen LogP contribution in [0.15, 0.2) is 41.5 Å². The highest BCUT2D eigenvalue weighted by Crippen LogP contribution is 2.23. The molecule has 0 unspecified atom stereocenters. The normalized spacial score (nSPS) is 10.9. The molecule has 0 spiro atoms. The number of hydrazone groups is 1. The van der Waals surface area contributed by atoms with E-state index in [1.54, 1.807) is 30.3 Å². The number of hydrogen-bond acceptors (Lipinski definition) is 2. The van der Waals surface area contributed by atoms with Crippen molar-refractivity contribution in [3.63, 3.8) is 0 Å². The van der Waals surface area contributed by atoms with Gasteiger partial charge in [0.25, 0.3) is 0 Å². The summed E-state index contributed by atoms with van der Waals surface area (Å²) in [5.74, 6) is -6.03. The Labute approximate surface area is 106 Å². The van der Waals surface area contributed by atoms with Crippen molar-refractivity contribution in [2.24, 2.45) is 5.10 Å². The van der Waals surface area contributed by atoms with Gasteiger partial charge in [0.1, 0.15) is 5.69 Å². The fourth-order valence-electron chi connectivity index (χ4n) is 1.38. The van der Waals surface area contributed by atoms with E-state index in [2.05, 4.69) is 5.10 Å². The van der Waals surface area contributed by atoms with Gasteiger partial charge in [-0.25, -0.2) is 17.6 Å². The Balaban J connectivity index is 2.23. The van der Waals surface area contributed by atoms with E-state index in [1.165, 1.54) is 6.21 Å². The minimum Gasteiger partial charge on any atom is -0.272 e. The van der Waals surface area contributed by atoms with E-state index in [0.29, 0.717) is 5.56 Å². The number of benzene rings is 2. The molecular weight excluding hydrogens is 260 g/mol. The van der Waals surface area contributed by atoms with E-state index in [-0.39, 0.29) is 6.07 Å². The van der Waals surface area contributed by atoms with Gasteiger partial charge in [-0.15, -0.1) is 0 Å². The van der Waals surface area contributed by atoms with Gasteiger partial charge in [-0.3, -0.25) is 5.43 Å². The topological polar surface area (TPSA) is 24.4 Å². The van der Waals surface area contributed by atoms with Gasteiger partial charge in [0.15, 0.2) is 23.3 Å². The van der Waals surface area contributed by atoms with Crippen molar-refractivity contribution >= 4 is 11.9 Å². The van der Waals surface area contributed by atoms with E-state index in [1.807, 2.05) is 5.43 Å². The Hall–Kier alpha value is -2.37. The van der Waals surface area contributed by atoms with Crippen LogP contribution in [0.25, 0.3) is 0 Å². The molecule has 0 fully saturated rings. The average Bonchev–Trinajstić information content (AvgIpc) is 2.42. The number of halogens is 4. The van der Waals surface area contributed by atoms with Gasteiger partial charge >= 0.3 is 0 Å². The molecule has 0 aliphatic heterocycles. The lowest BCUT2D eigenvalue weighted by Crippen LogP contribution is -2.02. The molecule has 2 aromatic rings. The van der Waals surface area contributed by atoms with Gasteiger partial charge in [0.2, 0.25) is 0 Å². The minimum atomic E-state index is -1.52. The third-order valence-electron chi connectivity index (χ3n) is 2.30. The summed E-state index contributed by atoms with van der Waals surface area (Å²) in [6.45, 7) is 0. The number of rotatable bonds is 3. The maximum atomic E-state index is 13.3. The van der Waals surface area contributed by atoms with Crippen molar-refractivity contribution < 1.29 is 17.6 Å². The van der Waals surface area contributed by atoms with Gasteiger partial charge in [0, 0.05) is 6.07 Å². The fourth-order valence-corrected chi connectivity index (χ4v) is 1.38. The van der Waals surface area contributed by atoms with Crippen molar-refractivity contribution in [1.82, 2.24) is 0 Å². The van der Waals surface area contributed by atoms with Crippen LogP contribution in [-0.4, -0.2) is 6.21 Å². The van der Waals surface area contributed by atoms with Gasteiger partial charge in [-0.2, -0.15) is 5.10 Å². The van der Waals surface area contributed by atoms with Crippen LogP contribution in [0.4, 0.5) is 23.2 Å². The van der Waals surface area contributed by atoms with Crippen LogP contribution in [0.3, 0.4) is 0 Å². The van der Waals surface area contributed by atoms with Crippen molar-refractivity contribution in [2.45, 2.75) is 0 Å². The summed E-state index contributed by atoms with van der Waals surface area (Å²) in [7, 11) is 0. The van der Waals surface area contributed by atoms with E-state index in [9.17, 15) is 17.6 Å². The molecule has 2 nitrogen and oxygen atoms in total. The molecule has 0 amide bonds. The summed E-state index contributed by atoms with van der Waals surface area (Å²) in [5.41, 5.74) is 1.64. The highest BCUT2D eigenvalue weighted by atomic mass is 19.2. The number of nitrogens with zero attached hydrogens (tertiary/aromatic N) is 1. The Morgan fingerprint density at radius 2 is 1.47 bits per heavy atom. The van der Waals surface area contributed by atoms with Crippen LogP contribution in [-0.2, 0) is 0 Å². The molecule has 0 bridgehead atoms. The zero-order valence-electron chi connectivity index (χ0n) is 9.50. The Morgan fingerprint density at radius 1 is 0.895 bits per heavy atom. The summed E-state index contributed by atoms with van der Waals surface area (Å²) in [4.78, 5) is 0. The third kappa shape index (κ3) is 2.90. The quantitative estimate of drug-likeness (QED) is 0.390. The molecule has 0 aliphatic carbocycles. The van der Waals surface area contributed by atoms with Gasteiger partial charge in [-0.05, 0) is 5.56 Å². The first-order valence-electron chi connectivity index (χ1n) is 5.26. The third-order valence-corrected chi connectivity index (χ3v) is 2.30. The van der Waals surface area contributed by atoms with Crippen LogP contribution in [0.2, 0.25) is 0 Å². The molecule has 19 heavy (non-hydrogen) atoms. The molecule has 98 valence electrons. The Kier molecular flexibility index (Phi) is 3.79. The Morgan fingerprint density at radius 3 is 2.05 bits per heavy atom. The summed E-state index contributed by atoms with van der Waals surface area (Å²) in [5, 5.41) is 3.53. The summed E-state index contributed by atoms with van der Waals surface area (Å²) in [6.07, 6.45) is 1.27. The highest BCUT2D eigenvalue weighted by molar-refractivity contribution is 5.80. The van der Waals surface area contributed by atoms with E-state index in [4.69, 9.17) is 0 Å². The first kappa shape index (κ1) is 13.1. The molecule has 0 saturated heterocycles. The molecule has 2 aromatic carbocycles. The Bertz CT molecular complexity index is 586. The molecule has 2 rings (SSSR count). The standard InChI is InChI=1S/C13H8F4N2/c14-9-6-10(15)12(17)13(11(9)16)19-18-7-8-4-2-1-3-5-8/h1-7,19H. The van der Waals surface area contributed by atoms with Crippen LogP contribution in [0.5, 0.6) is 0 Å². The summed E-state index contributed by atoms with van der Waals surface area (Å²) < 4.78 is 52.3. The first-order valence-corrected chi connectivity index (χ1v) is 5.26. The van der Waals surface area contributed by atoms with Crippen molar-refractivity contribution in [2.75, 3.05) is 5.43 Å². The predicted octanol–water partition coefficient (Wildman–Crippen LogP) is 3.69. The van der Waals surface area contributed by atoms with Crippen LogP contribution >= 0.6 is 0 Å². The van der Waals surface area contributed by atoms with Crippen LogP contribution in [0.1, 0.15) is 5.56 Å². The van der Waals surface area contributed by atoms with Crippen molar-refractivity contribution in [3.05, 3.63) is 65.2 Å². The summed E-state index contributed by atoms with van der Waals surface area (Å²) >= 11 is 0. The second-order valence-corrected chi connectivity index (χ2v) is 3.62. The zero-order chi connectivity index (χ0) is 13.8. The SMILES string of the molecule is Fc1cc(F)c(F)c(NN=Cc2ccccc2)c1F. The number of nitrogens with one attached hydrogen (secondary N) is 1. The molecule has 0 aliphatic rings. The maximum Gasteiger partial charge on any atom is 0.186 e. The second-order valence-electron chi connectivity index (χ2n) is 3.62. The van der Waals surface area contributed by atoms with Crippen LogP contribution < -0.4 is 5.43 Å². The highest BCUT2D eigenvalue weighted by Gasteiger charge is 2.18. The zero-order valence-corrected chi connectivity index (χ0v) is 9.50. The molecular formula is C13H8F4N2. The smallest absolute Gasteiger partial charge is 0.186 e. The molecule has 1 N–H and O–H groups in total. The molecule has 0 saturated carbocycles. The van der Waals surface area contributed by atoms with Gasteiger partial charge < -0.3 is 0 Å². The summed E-state index contributed by atoms with van der Waals surface area (Å²) in [6, 6.07) is 8.80. The minimum absolute atomic E-state index is 0.136. The van der Waals surface area contributed by atoms with E-state index >= 15 is 0 Å². The lowest BCUT2D eigenvalue weighted by Gasteiger charge is -2.05. The maximum absolute atomic E-state index is 13.3. The molecule has 0 heterocycles. The van der Waals surface area contributed by atoms with E-state index in [0.717, 1.165) is 0 Å². The largest absolute Gasteiger partial charge is 0.272 e. The number of anilines is 1. The van der Waals surface area contributed by atoms with Crippen LogP contribution in [0, 0.1) is 23.3 Å². The van der Waals surface area contributed by atoms with Gasteiger partial charge in [-0.1, -0.05) is 30.3 Å². The van der Waals surface area contributed by atoms with Crippen molar-refractivity contribution in [1.29, 1.82) is 0 Å². The molecule has 6 heteroatoms. The molecule has 0 radical (unpaired) electrons. The first-order chi connectivity index (χ1) is 9.09. The van der Waals surface area contributed by atoms with E-state index < -0.39 is 29.0 Å². The predicted molar refractivity (Wildman–Crippen MR) is 63.9 cm³/mol. The molecule has 0 atom stereocenters. The van der Waals surface area contributed by atoms with Crippen molar-refractivity contribution in [3.8, 4) is 0 Å². The molecule has 0 aromatic heterocycles. The van der Waals surface area contributed by atoms with Gasteiger partial charge in [0.05, 0.1) is 6.21 Å². The fraction of sp³-hybridized carbons (Fsp3) is 0.